The van der Waals surface area contributed by atoms with E-state index in [-0.39, 0.29) is 0 Å². The molecule has 684 valence electrons. The Hall–Kier alpha value is -0.240. The van der Waals surface area contributed by atoms with Gasteiger partial charge in [-0.2, -0.15) is 0 Å². The predicted molar refractivity (Wildman–Crippen MR) is 506 cm³/mol. The molecular formula is C108H216O6. The number of aliphatic hydroxyl groups is 6. The van der Waals surface area contributed by atoms with Crippen LogP contribution in [0.25, 0.3) is 0 Å². The average molecular weight is 1610 g/mol. The molecule has 3 aliphatic rings. The van der Waals surface area contributed by atoms with Gasteiger partial charge < -0.3 is 30.6 Å². The normalized spacial score (nSPS) is 20.8. The van der Waals surface area contributed by atoms with Crippen molar-refractivity contribution in [1.29, 1.82) is 0 Å². The molecule has 0 aromatic rings. The maximum Gasteiger partial charge on any atom is 0.0431 e. The highest BCUT2D eigenvalue weighted by molar-refractivity contribution is 4.95. The van der Waals surface area contributed by atoms with Crippen molar-refractivity contribution in [1.82, 2.24) is 0 Å². The lowest BCUT2D eigenvalue weighted by Gasteiger charge is -2.51. The highest BCUT2D eigenvalue weighted by Crippen LogP contribution is 2.55. The Balaban J connectivity index is 0.000000855. The average Bonchev–Trinajstić information content (AvgIpc) is 0.785. The molecule has 0 radical (unpaired) electrons. The monoisotopic (exact) mass is 1610 g/mol. The third-order valence-corrected chi connectivity index (χ3v) is 29.7. The van der Waals surface area contributed by atoms with Crippen LogP contribution in [0, 0.1) is 71.0 Å². The zero-order chi connectivity index (χ0) is 82.6. The van der Waals surface area contributed by atoms with Crippen molar-refractivity contribution in [2.45, 2.75) is 581 Å². The molecule has 0 aromatic heterocycles. The molecule has 0 aromatic carbocycles. The first kappa shape index (κ1) is 112. The maximum absolute atomic E-state index is 9.06. The van der Waals surface area contributed by atoms with Gasteiger partial charge >= 0.3 is 0 Å². The summed E-state index contributed by atoms with van der Waals surface area (Å²) in [5, 5.41) is 54.1. The molecule has 12 unspecified atom stereocenters. The van der Waals surface area contributed by atoms with Crippen LogP contribution in [0.15, 0.2) is 0 Å². The number of unbranched alkanes of at least 4 members (excludes halogenated alkanes) is 54. The fourth-order valence-corrected chi connectivity index (χ4v) is 22.6. The molecule has 0 bridgehead atoms. The van der Waals surface area contributed by atoms with Gasteiger partial charge in [0, 0.05) is 39.6 Å². The second kappa shape index (κ2) is 89.1. The van der Waals surface area contributed by atoms with E-state index < -0.39 is 0 Å². The molecule has 12 atom stereocenters. The summed E-state index contributed by atoms with van der Waals surface area (Å²) in [6, 6.07) is 0. The van der Waals surface area contributed by atoms with Gasteiger partial charge in [0.05, 0.1) is 0 Å². The minimum atomic E-state index is 0.365. The molecule has 0 spiro atoms. The zero-order valence-corrected chi connectivity index (χ0v) is 79.3. The van der Waals surface area contributed by atoms with E-state index in [1.807, 2.05) is 0 Å². The van der Waals surface area contributed by atoms with Gasteiger partial charge in [-0.05, 0) is 167 Å². The first-order valence-corrected chi connectivity index (χ1v) is 54.0. The Bertz CT molecular complexity index is 1750. The summed E-state index contributed by atoms with van der Waals surface area (Å²) in [6.45, 7) is 16.3. The molecule has 0 heterocycles. The van der Waals surface area contributed by atoms with Crippen molar-refractivity contribution >= 4 is 0 Å². The highest BCUT2D eigenvalue weighted by atomic mass is 16.3. The van der Waals surface area contributed by atoms with E-state index in [0.717, 1.165) is 110 Å². The molecule has 0 aliphatic heterocycles. The smallest absolute Gasteiger partial charge is 0.0431 e. The van der Waals surface area contributed by atoms with Crippen molar-refractivity contribution in [2.75, 3.05) is 39.6 Å². The fourth-order valence-electron chi connectivity index (χ4n) is 22.6. The van der Waals surface area contributed by atoms with Gasteiger partial charge in [0.15, 0.2) is 0 Å². The Morgan fingerprint density at radius 1 is 0.175 bits per heavy atom. The summed E-state index contributed by atoms with van der Waals surface area (Å²) in [5.74, 6) is 12.1. The number of hydrogen-bond donors (Lipinski definition) is 6. The van der Waals surface area contributed by atoms with Gasteiger partial charge in [0.2, 0.25) is 0 Å². The lowest BCUT2D eigenvalue weighted by molar-refractivity contribution is -0.00855. The summed E-state index contributed by atoms with van der Waals surface area (Å²) in [5.41, 5.74) is 0. The van der Waals surface area contributed by atoms with Crippen molar-refractivity contribution in [3.8, 4) is 0 Å². The Morgan fingerprint density at radius 3 is 0.649 bits per heavy atom. The van der Waals surface area contributed by atoms with Crippen LogP contribution in [0.1, 0.15) is 581 Å². The molecule has 3 saturated carbocycles. The Labute approximate surface area is 718 Å². The van der Waals surface area contributed by atoms with E-state index in [2.05, 4.69) is 41.5 Å². The SMILES string of the molecule is CCCCCCC1C(CCCC)CCC2CC(CCCCCCCCO)C(CCCCCCCCO)CC21.CCCCCCC1CCC(CCCCCCCCO)C(CCCCCCCCCCO)C1CCCCCC.CCCCCCCCC(CCCCCCCCCO)C(CCCCCCCC)CCCCCCCCCO. The first-order chi connectivity index (χ1) is 56.3. The molecule has 0 amide bonds. The first-order valence-electron chi connectivity index (χ1n) is 54.0. The molecule has 0 saturated heterocycles. The molecule has 6 N–H and O–H groups in total. The zero-order valence-electron chi connectivity index (χ0n) is 79.3. The minimum Gasteiger partial charge on any atom is -0.396 e. The van der Waals surface area contributed by atoms with E-state index in [1.165, 1.54) is 482 Å². The lowest BCUT2D eigenvalue weighted by Crippen LogP contribution is -2.42. The van der Waals surface area contributed by atoms with Crippen LogP contribution in [0.2, 0.25) is 0 Å². The number of fused-ring (bicyclic) bond motifs is 1. The van der Waals surface area contributed by atoms with Gasteiger partial charge in [0.25, 0.3) is 0 Å². The summed E-state index contributed by atoms with van der Waals surface area (Å²) in [4.78, 5) is 0. The second-order valence-corrected chi connectivity index (χ2v) is 39.4. The lowest BCUT2D eigenvalue weighted by atomic mass is 9.54. The molecule has 6 nitrogen and oxygen atoms in total. The second-order valence-electron chi connectivity index (χ2n) is 39.4. The van der Waals surface area contributed by atoms with Gasteiger partial charge in [-0.1, -0.05) is 485 Å². The van der Waals surface area contributed by atoms with Gasteiger partial charge in [-0.15, -0.1) is 0 Å². The largest absolute Gasteiger partial charge is 0.396 e. The predicted octanol–water partition coefficient (Wildman–Crippen LogP) is 34.2. The van der Waals surface area contributed by atoms with Crippen molar-refractivity contribution in [2.24, 2.45) is 71.0 Å². The summed E-state index contributed by atoms with van der Waals surface area (Å²) >= 11 is 0. The fraction of sp³-hybridized carbons (Fsp3) is 1.00. The standard InChI is InChI=1S/C36H70O2.C36H72O2.C36H74O2/c1-3-5-7-18-24-35-31(21-6-4-2)25-26-34-29-32(22-16-12-8-10-14-19-27-37)33(30-36(34)35)23-17-13-9-11-15-20-28-38;1-3-5-7-19-25-33-29-30-34(26-20-15-12-14-18-24-32-38)36(35(33)27-21-8-6-4-2)28-22-16-11-9-10-13-17-23-31-37;1-3-5-7-9-17-23-29-35(31-25-19-13-11-15-21-27-33-37)36(30-24-18-10-8-6-4-2)32-26-20-14-12-16-22-28-34-38/h31-38H,3-30H2,1-2H3;33-38H,3-32H2,1-2H3;35-38H,3-34H2,1-2H3. The van der Waals surface area contributed by atoms with Crippen LogP contribution in [0.4, 0.5) is 0 Å². The van der Waals surface area contributed by atoms with Crippen LogP contribution >= 0.6 is 0 Å². The van der Waals surface area contributed by atoms with Gasteiger partial charge in [0.1, 0.15) is 0 Å². The summed E-state index contributed by atoms with van der Waals surface area (Å²) < 4.78 is 0. The Morgan fingerprint density at radius 2 is 0.368 bits per heavy atom. The van der Waals surface area contributed by atoms with E-state index >= 15 is 0 Å². The van der Waals surface area contributed by atoms with E-state index in [4.69, 9.17) is 30.6 Å². The maximum atomic E-state index is 9.06. The van der Waals surface area contributed by atoms with Crippen molar-refractivity contribution in [3.05, 3.63) is 0 Å². The van der Waals surface area contributed by atoms with Crippen molar-refractivity contribution in [3.63, 3.8) is 0 Å². The summed E-state index contributed by atoms with van der Waals surface area (Å²) in [6.07, 6.45) is 117. The molecule has 3 rings (SSSR count). The van der Waals surface area contributed by atoms with Crippen LogP contribution in [0.3, 0.4) is 0 Å². The van der Waals surface area contributed by atoms with Crippen LogP contribution in [0.5, 0.6) is 0 Å². The minimum absolute atomic E-state index is 0.365. The number of aliphatic hydroxyl groups excluding tert-OH is 6. The van der Waals surface area contributed by atoms with Crippen molar-refractivity contribution < 1.29 is 30.6 Å². The molecule has 114 heavy (non-hydrogen) atoms. The van der Waals surface area contributed by atoms with Crippen LogP contribution in [-0.4, -0.2) is 70.3 Å². The molecule has 6 heteroatoms. The summed E-state index contributed by atoms with van der Waals surface area (Å²) in [7, 11) is 0. The third kappa shape index (κ3) is 64.5. The highest BCUT2D eigenvalue weighted by Gasteiger charge is 2.45. The molecule has 3 aliphatic carbocycles. The Kier molecular flexibility index (Phi) is 87.3. The van der Waals surface area contributed by atoms with E-state index in [0.29, 0.717) is 39.6 Å². The van der Waals surface area contributed by atoms with E-state index in [1.54, 1.807) is 19.3 Å². The quantitative estimate of drug-likeness (QED) is 0.0338. The van der Waals surface area contributed by atoms with Crippen LogP contribution in [-0.2, 0) is 0 Å². The third-order valence-electron chi connectivity index (χ3n) is 29.7. The van der Waals surface area contributed by atoms with Gasteiger partial charge in [-0.25, -0.2) is 0 Å². The van der Waals surface area contributed by atoms with E-state index in [9.17, 15) is 0 Å². The number of hydrogen-bond acceptors (Lipinski definition) is 6. The van der Waals surface area contributed by atoms with Crippen LogP contribution < -0.4 is 0 Å². The molecular weight excluding hydrogens is 1390 g/mol. The molecule has 3 fully saturated rings. The topological polar surface area (TPSA) is 121 Å². The van der Waals surface area contributed by atoms with Gasteiger partial charge in [-0.3, -0.25) is 0 Å². The number of rotatable bonds is 85.